The van der Waals surface area contributed by atoms with Crippen molar-refractivity contribution in [3.05, 3.63) is 34.4 Å². The Hall–Kier alpha value is -1.77. The summed E-state index contributed by atoms with van der Waals surface area (Å²) >= 11 is 0. The van der Waals surface area contributed by atoms with Gasteiger partial charge in [0.1, 0.15) is 0 Å². The second kappa shape index (κ2) is 10.0. The Morgan fingerprint density at radius 1 is 0.969 bits per heavy atom. The third-order valence-electron chi connectivity index (χ3n) is 6.33. The molecular weight excluding hydrogens is 434 g/mol. The number of hydrogen-bond acceptors (Lipinski definition) is 2. The number of nitrogens with one attached hydrogen (secondary N) is 2. The third-order valence-corrected chi connectivity index (χ3v) is 6.33. The maximum atomic E-state index is 13.8. The highest BCUT2D eigenvalue weighted by Gasteiger charge is 2.41. The molecule has 1 aromatic carbocycles. The SMILES string of the molecule is CCCCc1cc(C(F)(F)F)cc(C(F)(F)F)c1C(=O)N[C@@H]1CCCC[C@@H]1NCC1CC1. The Bertz CT molecular complexity index is 801. The molecule has 1 aromatic rings. The number of unbranched alkanes of at least 4 members (excludes halogenated alkanes) is 1. The molecule has 0 saturated heterocycles. The summed E-state index contributed by atoms with van der Waals surface area (Å²) in [6.07, 6.45) is -3.54. The maximum absolute atomic E-state index is 13.8. The average molecular weight is 464 g/mol. The summed E-state index contributed by atoms with van der Waals surface area (Å²) in [6.45, 7) is 2.60. The minimum Gasteiger partial charge on any atom is -0.348 e. The highest BCUT2D eigenvalue weighted by Crippen LogP contribution is 2.39. The molecule has 2 aliphatic carbocycles. The molecule has 3 rings (SSSR count). The number of rotatable bonds is 8. The zero-order chi connectivity index (χ0) is 23.5. The lowest BCUT2D eigenvalue weighted by Gasteiger charge is -2.33. The molecule has 0 unspecified atom stereocenters. The van der Waals surface area contributed by atoms with Gasteiger partial charge < -0.3 is 10.6 Å². The molecule has 2 fully saturated rings. The molecule has 0 aliphatic heterocycles. The van der Waals surface area contributed by atoms with Gasteiger partial charge in [0, 0.05) is 12.1 Å². The summed E-state index contributed by atoms with van der Waals surface area (Å²) in [5.41, 5.74) is -3.78. The average Bonchev–Trinajstić information content (AvgIpc) is 3.54. The molecule has 2 saturated carbocycles. The Balaban J connectivity index is 1.92. The van der Waals surface area contributed by atoms with E-state index in [2.05, 4.69) is 10.6 Å². The molecule has 32 heavy (non-hydrogen) atoms. The van der Waals surface area contributed by atoms with Crippen molar-refractivity contribution in [3.8, 4) is 0 Å². The van der Waals surface area contributed by atoms with Gasteiger partial charge in [-0.3, -0.25) is 4.79 Å². The standard InChI is InChI=1S/C23H30F6N2O/c1-2-3-6-15-11-16(22(24,25)26)12-17(23(27,28)29)20(15)21(32)31-19-8-5-4-7-18(19)30-13-14-9-10-14/h11-12,14,18-19,30H,2-10,13H2,1H3,(H,31,32)/t18-,19+/m0/s1. The van der Waals surface area contributed by atoms with Crippen LogP contribution < -0.4 is 10.6 Å². The van der Waals surface area contributed by atoms with Crippen molar-refractivity contribution in [1.82, 2.24) is 10.6 Å². The van der Waals surface area contributed by atoms with Crippen LogP contribution in [-0.2, 0) is 18.8 Å². The molecule has 3 nitrogen and oxygen atoms in total. The summed E-state index contributed by atoms with van der Waals surface area (Å²) < 4.78 is 81.3. The van der Waals surface area contributed by atoms with Gasteiger partial charge in [0.25, 0.3) is 5.91 Å². The normalized spacial score (nSPS) is 22.1. The molecule has 0 bridgehead atoms. The summed E-state index contributed by atoms with van der Waals surface area (Å²) in [7, 11) is 0. The van der Waals surface area contributed by atoms with Gasteiger partial charge >= 0.3 is 12.4 Å². The van der Waals surface area contributed by atoms with E-state index in [0.29, 0.717) is 31.2 Å². The first-order chi connectivity index (χ1) is 15.0. The number of benzene rings is 1. The van der Waals surface area contributed by atoms with Gasteiger partial charge in [-0.05, 0) is 68.7 Å². The predicted octanol–water partition coefficient (Wildman–Crippen LogP) is 6.11. The fourth-order valence-corrected chi connectivity index (χ4v) is 4.35. The van der Waals surface area contributed by atoms with E-state index in [1.165, 1.54) is 0 Å². The Labute approximate surface area is 184 Å². The maximum Gasteiger partial charge on any atom is 0.417 e. The molecule has 0 heterocycles. The van der Waals surface area contributed by atoms with Crippen molar-refractivity contribution >= 4 is 5.91 Å². The monoisotopic (exact) mass is 464 g/mol. The van der Waals surface area contributed by atoms with Crippen LogP contribution >= 0.6 is 0 Å². The highest BCUT2D eigenvalue weighted by atomic mass is 19.4. The van der Waals surface area contributed by atoms with E-state index < -0.39 is 35.0 Å². The first kappa shape index (κ1) is 24.9. The van der Waals surface area contributed by atoms with Gasteiger partial charge in [0.15, 0.2) is 0 Å². The van der Waals surface area contributed by atoms with Crippen LogP contribution in [0.3, 0.4) is 0 Å². The number of alkyl halides is 6. The first-order valence-corrected chi connectivity index (χ1v) is 11.4. The van der Waals surface area contributed by atoms with Crippen LogP contribution in [0.1, 0.15) is 85.3 Å². The van der Waals surface area contributed by atoms with E-state index >= 15 is 0 Å². The van der Waals surface area contributed by atoms with Gasteiger partial charge in [-0.25, -0.2) is 0 Å². The Morgan fingerprint density at radius 3 is 2.19 bits per heavy atom. The molecule has 0 radical (unpaired) electrons. The molecule has 1 amide bonds. The molecule has 180 valence electrons. The second-order valence-corrected chi connectivity index (χ2v) is 8.98. The first-order valence-electron chi connectivity index (χ1n) is 11.4. The predicted molar refractivity (Wildman–Crippen MR) is 109 cm³/mol. The van der Waals surface area contributed by atoms with Gasteiger partial charge in [-0.15, -0.1) is 0 Å². The van der Waals surface area contributed by atoms with Crippen LogP contribution in [0, 0.1) is 5.92 Å². The van der Waals surface area contributed by atoms with E-state index in [1.807, 2.05) is 0 Å². The van der Waals surface area contributed by atoms with Crippen LogP contribution in [0.5, 0.6) is 0 Å². The van der Waals surface area contributed by atoms with E-state index in [1.54, 1.807) is 6.92 Å². The number of hydrogen-bond donors (Lipinski definition) is 2. The second-order valence-electron chi connectivity index (χ2n) is 8.98. The molecule has 0 spiro atoms. The minimum absolute atomic E-state index is 0.0275. The van der Waals surface area contributed by atoms with Crippen molar-refractivity contribution in [2.75, 3.05) is 6.54 Å². The number of halogens is 6. The molecule has 2 atom stereocenters. The lowest BCUT2D eigenvalue weighted by molar-refractivity contribution is -0.143. The zero-order valence-electron chi connectivity index (χ0n) is 18.1. The largest absolute Gasteiger partial charge is 0.417 e. The van der Waals surface area contributed by atoms with E-state index in [0.717, 1.165) is 38.6 Å². The lowest BCUT2D eigenvalue weighted by Crippen LogP contribution is -2.52. The van der Waals surface area contributed by atoms with Crippen LogP contribution in [0.25, 0.3) is 0 Å². The van der Waals surface area contributed by atoms with Crippen LogP contribution in [0.15, 0.2) is 12.1 Å². The minimum atomic E-state index is -5.08. The van der Waals surface area contributed by atoms with Crippen LogP contribution in [-0.4, -0.2) is 24.5 Å². The molecular formula is C23H30F6N2O. The summed E-state index contributed by atoms with van der Waals surface area (Å²) in [5.74, 6) is -0.331. The number of aryl methyl sites for hydroxylation is 1. The quantitative estimate of drug-likeness (QED) is 0.456. The van der Waals surface area contributed by atoms with Crippen molar-refractivity contribution in [2.45, 2.75) is 89.1 Å². The lowest BCUT2D eigenvalue weighted by atomic mass is 9.88. The van der Waals surface area contributed by atoms with E-state index in [4.69, 9.17) is 0 Å². The summed E-state index contributed by atoms with van der Waals surface area (Å²) in [4.78, 5) is 13.1. The third kappa shape index (κ3) is 6.39. The van der Waals surface area contributed by atoms with Crippen molar-refractivity contribution in [1.29, 1.82) is 0 Å². The van der Waals surface area contributed by atoms with Crippen molar-refractivity contribution < 1.29 is 31.1 Å². The topological polar surface area (TPSA) is 41.1 Å². The molecule has 0 aromatic heterocycles. The highest BCUT2D eigenvalue weighted by molar-refractivity contribution is 5.98. The smallest absolute Gasteiger partial charge is 0.348 e. The van der Waals surface area contributed by atoms with E-state index in [-0.39, 0.29) is 30.1 Å². The fourth-order valence-electron chi connectivity index (χ4n) is 4.35. The Kier molecular flexibility index (Phi) is 7.78. The Morgan fingerprint density at radius 2 is 1.62 bits per heavy atom. The zero-order valence-corrected chi connectivity index (χ0v) is 18.1. The van der Waals surface area contributed by atoms with Crippen LogP contribution in [0.2, 0.25) is 0 Å². The number of carbonyl (C=O) groups excluding carboxylic acids is 1. The number of amides is 1. The van der Waals surface area contributed by atoms with Crippen molar-refractivity contribution in [2.24, 2.45) is 5.92 Å². The van der Waals surface area contributed by atoms with Gasteiger partial charge in [-0.2, -0.15) is 26.3 Å². The summed E-state index contributed by atoms with van der Waals surface area (Å²) in [6, 6.07) is 0.367. The fraction of sp³-hybridized carbons (Fsp3) is 0.696. The molecule has 2 aliphatic rings. The van der Waals surface area contributed by atoms with E-state index in [9.17, 15) is 31.1 Å². The molecule has 2 N–H and O–H groups in total. The van der Waals surface area contributed by atoms with Crippen LogP contribution in [0.4, 0.5) is 26.3 Å². The molecule has 9 heteroatoms. The summed E-state index contributed by atoms with van der Waals surface area (Å²) in [5, 5.41) is 6.16. The van der Waals surface area contributed by atoms with Crippen molar-refractivity contribution in [3.63, 3.8) is 0 Å². The number of carbonyl (C=O) groups is 1. The van der Waals surface area contributed by atoms with Gasteiger partial charge in [-0.1, -0.05) is 26.2 Å². The van der Waals surface area contributed by atoms with Gasteiger partial charge in [0.05, 0.1) is 16.7 Å². The van der Waals surface area contributed by atoms with Gasteiger partial charge in [0.2, 0.25) is 0 Å².